The van der Waals surface area contributed by atoms with Crippen LogP contribution in [0.2, 0.25) is 0 Å². The minimum absolute atomic E-state index is 0.821. The topological polar surface area (TPSA) is 41.6 Å². The summed E-state index contributed by atoms with van der Waals surface area (Å²) in [4.78, 5) is 15.3. The number of aromatic nitrogens is 3. The molecule has 1 N–H and O–H groups in total. The van der Waals surface area contributed by atoms with Crippen LogP contribution < -0.4 is 0 Å². The van der Waals surface area contributed by atoms with Gasteiger partial charge in [0.1, 0.15) is 0 Å². The average molecular weight is 269 g/mol. The minimum atomic E-state index is 0.821. The second-order valence-corrected chi connectivity index (χ2v) is 6.31. The molecule has 0 aromatic carbocycles. The van der Waals surface area contributed by atoms with Gasteiger partial charge >= 0.3 is 0 Å². The number of aryl methyl sites for hydroxylation is 3. The second kappa shape index (κ2) is 4.17. The number of H-pyrrole nitrogens is 1. The number of hydrogen-bond acceptors (Lipinski definition) is 3. The third kappa shape index (κ3) is 1.87. The normalized spacial score (nSPS) is 14.8. The molecule has 1 aliphatic rings. The molecule has 0 fully saturated rings. The zero-order chi connectivity index (χ0) is 12.8. The van der Waals surface area contributed by atoms with Crippen molar-refractivity contribution in [2.75, 3.05) is 0 Å². The molecule has 0 aliphatic heterocycles. The first-order valence-corrected chi connectivity index (χ1v) is 7.56. The van der Waals surface area contributed by atoms with Gasteiger partial charge in [-0.3, -0.25) is 0 Å². The van der Waals surface area contributed by atoms with Gasteiger partial charge in [0.05, 0.1) is 10.4 Å². The Labute approximate surface area is 115 Å². The molecule has 19 heavy (non-hydrogen) atoms. The molecule has 0 amide bonds. The third-order valence-corrected chi connectivity index (χ3v) is 4.96. The Morgan fingerprint density at radius 1 is 1.16 bits per heavy atom. The zero-order valence-electron chi connectivity index (χ0n) is 10.9. The number of pyridine rings is 1. The maximum atomic E-state index is 4.63. The average Bonchev–Trinajstić information content (AvgIpc) is 3.00. The Morgan fingerprint density at radius 3 is 2.95 bits per heavy atom. The molecule has 3 aromatic rings. The van der Waals surface area contributed by atoms with Crippen LogP contribution in [0.3, 0.4) is 0 Å². The molecule has 0 radical (unpaired) electrons. The van der Waals surface area contributed by atoms with Gasteiger partial charge in [-0.05, 0) is 56.4 Å². The van der Waals surface area contributed by atoms with Crippen LogP contribution in [-0.2, 0) is 12.8 Å². The van der Waals surface area contributed by atoms with Crippen LogP contribution >= 0.6 is 11.3 Å². The van der Waals surface area contributed by atoms with E-state index in [1.54, 1.807) is 4.88 Å². The Kier molecular flexibility index (Phi) is 2.45. The van der Waals surface area contributed by atoms with Crippen LogP contribution in [0.4, 0.5) is 0 Å². The van der Waals surface area contributed by atoms with E-state index in [1.807, 2.05) is 24.3 Å². The van der Waals surface area contributed by atoms with E-state index >= 15 is 0 Å². The van der Waals surface area contributed by atoms with Crippen molar-refractivity contribution in [3.63, 3.8) is 0 Å². The quantitative estimate of drug-likeness (QED) is 0.728. The number of hydrogen-bond donors (Lipinski definition) is 1. The highest BCUT2D eigenvalue weighted by molar-refractivity contribution is 7.15. The summed E-state index contributed by atoms with van der Waals surface area (Å²) in [5.41, 5.74) is 4.38. The van der Waals surface area contributed by atoms with Crippen LogP contribution in [0.25, 0.3) is 21.9 Å². The summed E-state index contributed by atoms with van der Waals surface area (Å²) < 4.78 is 0. The highest BCUT2D eigenvalue weighted by Crippen LogP contribution is 2.35. The number of aromatic amines is 1. The SMILES string of the molecule is Cc1ccc2[nH]c(-c3cc4c(s3)CCCC4)nc2n1. The molecule has 4 heteroatoms. The van der Waals surface area contributed by atoms with Gasteiger partial charge in [-0.25, -0.2) is 9.97 Å². The highest BCUT2D eigenvalue weighted by Gasteiger charge is 2.16. The molecule has 1 aliphatic carbocycles. The predicted octanol–water partition coefficient (Wildman–Crippen LogP) is 3.87. The van der Waals surface area contributed by atoms with Crippen molar-refractivity contribution in [1.82, 2.24) is 15.0 Å². The third-order valence-electron chi connectivity index (χ3n) is 3.72. The smallest absolute Gasteiger partial charge is 0.178 e. The van der Waals surface area contributed by atoms with E-state index in [4.69, 9.17) is 0 Å². The van der Waals surface area contributed by atoms with Gasteiger partial charge in [-0.1, -0.05) is 0 Å². The molecule has 0 bridgehead atoms. The van der Waals surface area contributed by atoms with E-state index in [0.29, 0.717) is 0 Å². The molecule has 0 saturated heterocycles. The summed E-state index contributed by atoms with van der Waals surface area (Å²) in [6.45, 7) is 2.00. The Morgan fingerprint density at radius 2 is 2.05 bits per heavy atom. The maximum absolute atomic E-state index is 4.63. The highest BCUT2D eigenvalue weighted by atomic mass is 32.1. The number of fused-ring (bicyclic) bond motifs is 2. The van der Waals surface area contributed by atoms with Gasteiger partial charge in [0.2, 0.25) is 0 Å². The van der Waals surface area contributed by atoms with Crippen molar-refractivity contribution in [3.8, 4) is 10.7 Å². The molecule has 0 spiro atoms. The Balaban J connectivity index is 1.83. The Bertz CT molecular complexity index is 730. The van der Waals surface area contributed by atoms with Crippen molar-refractivity contribution in [2.45, 2.75) is 32.6 Å². The summed E-state index contributed by atoms with van der Waals surface area (Å²) >= 11 is 1.89. The van der Waals surface area contributed by atoms with E-state index in [1.165, 1.54) is 36.1 Å². The number of thiophene rings is 1. The van der Waals surface area contributed by atoms with Gasteiger partial charge in [-0.15, -0.1) is 11.3 Å². The van der Waals surface area contributed by atoms with Crippen molar-refractivity contribution >= 4 is 22.5 Å². The minimum Gasteiger partial charge on any atom is -0.336 e. The van der Waals surface area contributed by atoms with Crippen LogP contribution in [-0.4, -0.2) is 15.0 Å². The first-order valence-electron chi connectivity index (χ1n) is 6.75. The maximum Gasteiger partial charge on any atom is 0.178 e. The molecule has 0 saturated carbocycles. The monoisotopic (exact) mass is 269 g/mol. The van der Waals surface area contributed by atoms with Crippen LogP contribution in [0.15, 0.2) is 18.2 Å². The molecular formula is C15H15N3S. The fourth-order valence-electron chi connectivity index (χ4n) is 2.71. The lowest BCUT2D eigenvalue weighted by Gasteiger charge is -2.08. The van der Waals surface area contributed by atoms with E-state index in [-0.39, 0.29) is 0 Å². The number of rotatable bonds is 1. The van der Waals surface area contributed by atoms with Gasteiger partial charge in [0, 0.05) is 10.6 Å². The number of nitrogens with one attached hydrogen (secondary N) is 1. The van der Waals surface area contributed by atoms with Gasteiger partial charge in [0.15, 0.2) is 11.5 Å². The number of imidazole rings is 1. The van der Waals surface area contributed by atoms with E-state index < -0.39 is 0 Å². The lowest BCUT2D eigenvalue weighted by atomic mass is 9.99. The fourth-order valence-corrected chi connectivity index (χ4v) is 3.91. The van der Waals surface area contributed by atoms with Crippen molar-refractivity contribution < 1.29 is 0 Å². The summed E-state index contributed by atoms with van der Waals surface area (Å²) in [5.74, 6) is 0.965. The van der Waals surface area contributed by atoms with Gasteiger partial charge < -0.3 is 4.98 Å². The van der Waals surface area contributed by atoms with Crippen molar-refractivity contribution in [2.24, 2.45) is 0 Å². The Hall–Kier alpha value is -1.68. The van der Waals surface area contributed by atoms with Crippen molar-refractivity contribution in [3.05, 3.63) is 34.3 Å². The first kappa shape index (κ1) is 11.2. The van der Waals surface area contributed by atoms with Crippen molar-refractivity contribution in [1.29, 1.82) is 0 Å². The van der Waals surface area contributed by atoms with E-state index in [9.17, 15) is 0 Å². The van der Waals surface area contributed by atoms with E-state index in [0.717, 1.165) is 22.7 Å². The molecular weight excluding hydrogens is 254 g/mol. The van der Waals surface area contributed by atoms with Crippen LogP contribution in [0, 0.1) is 6.92 Å². The molecule has 0 atom stereocenters. The first-order chi connectivity index (χ1) is 9.29. The predicted molar refractivity (Wildman–Crippen MR) is 78.6 cm³/mol. The lowest BCUT2D eigenvalue weighted by molar-refractivity contribution is 0.697. The number of nitrogens with zero attached hydrogens (tertiary/aromatic N) is 2. The molecule has 96 valence electrons. The summed E-state index contributed by atoms with van der Waals surface area (Å²) in [7, 11) is 0. The molecule has 3 heterocycles. The largest absolute Gasteiger partial charge is 0.336 e. The molecule has 3 nitrogen and oxygen atoms in total. The zero-order valence-corrected chi connectivity index (χ0v) is 11.7. The lowest BCUT2D eigenvalue weighted by Crippen LogP contribution is -1.96. The summed E-state index contributed by atoms with van der Waals surface area (Å²) in [5, 5.41) is 0. The van der Waals surface area contributed by atoms with E-state index in [2.05, 4.69) is 27.1 Å². The van der Waals surface area contributed by atoms with Crippen LogP contribution in [0.1, 0.15) is 29.0 Å². The molecule has 0 unspecified atom stereocenters. The summed E-state index contributed by atoms with van der Waals surface area (Å²) in [6.07, 6.45) is 5.11. The molecule has 3 aromatic heterocycles. The summed E-state index contributed by atoms with van der Waals surface area (Å²) in [6, 6.07) is 6.38. The standard InChI is InChI=1S/C15H15N3S/c1-9-6-7-11-14(16-9)18-15(17-11)13-8-10-4-2-3-5-12(10)19-13/h6-8H,2-5H2,1H3,(H,16,17,18). The van der Waals surface area contributed by atoms with Crippen LogP contribution in [0.5, 0.6) is 0 Å². The fraction of sp³-hybridized carbons (Fsp3) is 0.333. The van der Waals surface area contributed by atoms with Gasteiger partial charge in [-0.2, -0.15) is 0 Å². The molecule has 4 rings (SSSR count). The second-order valence-electron chi connectivity index (χ2n) is 5.18. The van der Waals surface area contributed by atoms with Gasteiger partial charge in [0.25, 0.3) is 0 Å².